The molecule has 0 aromatic heterocycles. The SMILES string of the molecule is CCN(CC)CCCC(Cl)=C(Cl)Cl. The molecule has 0 bridgehead atoms. The molecule has 0 aromatic rings. The Balaban J connectivity index is 3.61. The van der Waals surface area contributed by atoms with Crippen molar-refractivity contribution in [1.82, 2.24) is 4.90 Å². The zero-order valence-electron chi connectivity index (χ0n) is 8.12. The maximum atomic E-state index is 5.78. The third-order valence-electron chi connectivity index (χ3n) is 1.97. The van der Waals surface area contributed by atoms with Crippen LogP contribution in [0.1, 0.15) is 26.7 Å². The van der Waals surface area contributed by atoms with E-state index in [0.29, 0.717) is 5.03 Å². The van der Waals surface area contributed by atoms with Gasteiger partial charge in [-0.25, -0.2) is 0 Å². The first-order valence-electron chi connectivity index (χ1n) is 4.53. The van der Waals surface area contributed by atoms with Gasteiger partial charge in [-0.3, -0.25) is 0 Å². The average Bonchev–Trinajstić information content (AvgIpc) is 2.12. The molecule has 0 aliphatic carbocycles. The largest absolute Gasteiger partial charge is 0.304 e. The summed E-state index contributed by atoms with van der Waals surface area (Å²) in [6, 6.07) is 0. The topological polar surface area (TPSA) is 3.24 Å². The zero-order valence-corrected chi connectivity index (χ0v) is 10.4. The van der Waals surface area contributed by atoms with Gasteiger partial charge >= 0.3 is 0 Å². The third kappa shape index (κ3) is 6.62. The van der Waals surface area contributed by atoms with Crippen LogP contribution in [0, 0.1) is 0 Å². The van der Waals surface area contributed by atoms with Crippen molar-refractivity contribution in [2.45, 2.75) is 26.7 Å². The predicted octanol–water partition coefficient (Wildman–Crippen LogP) is 3.99. The predicted molar refractivity (Wildman–Crippen MR) is 61.6 cm³/mol. The maximum absolute atomic E-state index is 5.78. The van der Waals surface area contributed by atoms with Crippen LogP contribution in [-0.4, -0.2) is 24.5 Å². The molecule has 0 radical (unpaired) electrons. The van der Waals surface area contributed by atoms with E-state index >= 15 is 0 Å². The summed E-state index contributed by atoms with van der Waals surface area (Å²) in [5.41, 5.74) is 0. The minimum absolute atomic E-state index is 0.196. The Hall–Kier alpha value is 0.570. The molecule has 0 N–H and O–H groups in total. The minimum Gasteiger partial charge on any atom is -0.304 e. The van der Waals surface area contributed by atoms with Gasteiger partial charge in [0.25, 0.3) is 0 Å². The van der Waals surface area contributed by atoms with Gasteiger partial charge in [0, 0.05) is 5.03 Å². The van der Waals surface area contributed by atoms with E-state index in [1.54, 1.807) is 0 Å². The van der Waals surface area contributed by atoms with E-state index in [9.17, 15) is 0 Å². The summed E-state index contributed by atoms with van der Waals surface area (Å²) in [5, 5.41) is 0.565. The molecule has 78 valence electrons. The molecular weight excluding hydrogens is 228 g/mol. The molecule has 0 rings (SSSR count). The number of halogens is 3. The molecule has 0 aliphatic rings. The smallest absolute Gasteiger partial charge is 0.121 e. The minimum atomic E-state index is 0.196. The van der Waals surface area contributed by atoms with Crippen LogP contribution in [0.4, 0.5) is 0 Å². The van der Waals surface area contributed by atoms with Crippen molar-refractivity contribution in [3.8, 4) is 0 Å². The number of hydrogen-bond acceptors (Lipinski definition) is 1. The second-order valence-corrected chi connectivity index (χ2v) is 4.20. The monoisotopic (exact) mass is 243 g/mol. The van der Waals surface area contributed by atoms with E-state index in [1.807, 2.05) is 0 Å². The van der Waals surface area contributed by atoms with Gasteiger partial charge in [-0.1, -0.05) is 48.7 Å². The van der Waals surface area contributed by atoms with Gasteiger partial charge < -0.3 is 4.90 Å². The van der Waals surface area contributed by atoms with Crippen molar-refractivity contribution in [2.24, 2.45) is 0 Å². The average molecular weight is 245 g/mol. The molecule has 0 atom stereocenters. The Morgan fingerprint density at radius 2 is 1.62 bits per heavy atom. The van der Waals surface area contributed by atoms with Gasteiger partial charge in [-0.15, -0.1) is 0 Å². The molecule has 0 saturated heterocycles. The van der Waals surface area contributed by atoms with Gasteiger partial charge in [-0.2, -0.15) is 0 Å². The van der Waals surface area contributed by atoms with Crippen LogP contribution in [-0.2, 0) is 0 Å². The van der Waals surface area contributed by atoms with Crippen LogP contribution in [0.25, 0.3) is 0 Å². The van der Waals surface area contributed by atoms with E-state index in [2.05, 4.69) is 18.7 Å². The Labute approximate surface area is 95.6 Å². The second-order valence-electron chi connectivity index (χ2n) is 2.80. The van der Waals surface area contributed by atoms with E-state index in [4.69, 9.17) is 34.8 Å². The first-order chi connectivity index (χ1) is 6.11. The lowest BCUT2D eigenvalue weighted by Crippen LogP contribution is -2.23. The van der Waals surface area contributed by atoms with Crippen LogP contribution >= 0.6 is 34.8 Å². The Kier molecular flexibility index (Phi) is 8.27. The van der Waals surface area contributed by atoms with Crippen LogP contribution in [0.2, 0.25) is 0 Å². The van der Waals surface area contributed by atoms with Crippen molar-refractivity contribution in [3.05, 3.63) is 9.52 Å². The van der Waals surface area contributed by atoms with Crippen molar-refractivity contribution < 1.29 is 0 Å². The summed E-state index contributed by atoms with van der Waals surface area (Å²) >= 11 is 16.8. The molecule has 0 spiro atoms. The first-order valence-corrected chi connectivity index (χ1v) is 5.67. The van der Waals surface area contributed by atoms with E-state index in [-0.39, 0.29) is 4.49 Å². The molecule has 0 saturated carbocycles. The number of hydrogen-bond donors (Lipinski definition) is 0. The van der Waals surface area contributed by atoms with Crippen molar-refractivity contribution in [2.75, 3.05) is 19.6 Å². The van der Waals surface area contributed by atoms with E-state index in [0.717, 1.165) is 32.5 Å². The van der Waals surface area contributed by atoms with Crippen LogP contribution in [0.3, 0.4) is 0 Å². The van der Waals surface area contributed by atoms with Gasteiger partial charge in [0.15, 0.2) is 0 Å². The summed E-state index contributed by atoms with van der Waals surface area (Å²) in [4.78, 5) is 2.34. The number of rotatable bonds is 6. The fraction of sp³-hybridized carbons (Fsp3) is 0.778. The molecule has 0 heterocycles. The van der Waals surface area contributed by atoms with Gasteiger partial charge in [0.05, 0.1) is 0 Å². The lowest BCUT2D eigenvalue weighted by molar-refractivity contribution is 0.300. The summed E-state index contributed by atoms with van der Waals surface area (Å²) in [6.45, 7) is 7.49. The lowest BCUT2D eigenvalue weighted by Gasteiger charge is -2.17. The Bertz CT molecular complexity index is 160. The molecule has 4 heteroatoms. The number of allylic oxidation sites excluding steroid dienone is 1. The molecule has 0 amide bonds. The second kappa shape index (κ2) is 7.93. The molecular formula is C9H16Cl3N. The quantitative estimate of drug-likeness (QED) is 0.683. The zero-order chi connectivity index (χ0) is 10.3. The molecule has 0 aliphatic heterocycles. The summed E-state index contributed by atoms with van der Waals surface area (Å²) in [7, 11) is 0. The lowest BCUT2D eigenvalue weighted by atomic mass is 10.3. The summed E-state index contributed by atoms with van der Waals surface area (Å²) in [5.74, 6) is 0. The molecule has 0 fully saturated rings. The van der Waals surface area contributed by atoms with Crippen molar-refractivity contribution >= 4 is 34.8 Å². The van der Waals surface area contributed by atoms with Crippen molar-refractivity contribution in [1.29, 1.82) is 0 Å². The summed E-state index contributed by atoms with van der Waals surface area (Å²) < 4.78 is 0.196. The van der Waals surface area contributed by atoms with Gasteiger partial charge in [0.2, 0.25) is 0 Å². The molecule has 0 unspecified atom stereocenters. The van der Waals surface area contributed by atoms with Gasteiger partial charge in [0.1, 0.15) is 4.49 Å². The van der Waals surface area contributed by atoms with E-state index < -0.39 is 0 Å². The Morgan fingerprint density at radius 3 is 2.00 bits per heavy atom. The highest BCUT2D eigenvalue weighted by Gasteiger charge is 2.01. The summed E-state index contributed by atoms with van der Waals surface area (Å²) in [6.07, 6.45) is 1.77. The highest BCUT2D eigenvalue weighted by Crippen LogP contribution is 2.21. The molecule has 13 heavy (non-hydrogen) atoms. The maximum Gasteiger partial charge on any atom is 0.121 e. The fourth-order valence-electron chi connectivity index (χ4n) is 1.09. The van der Waals surface area contributed by atoms with Crippen LogP contribution < -0.4 is 0 Å². The normalized spacial score (nSPS) is 10.6. The van der Waals surface area contributed by atoms with Crippen LogP contribution in [0.5, 0.6) is 0 Å². The molecule has 1 nitrogen and oxygen atoms in total. The third-order valence-corrected chi connectivity index (χ3v) is 3.00. The number of nitrogens with zero attached hydrogens (tertiary/aromatic N) is 1. The first kappa shape index (κ1) is 13.6. The van der Waals surface area contributed by atoms with E-state index in [1.165, 1.54) is 0 Å². The van der Waals surface area contributed by atoms with Crippen molar-refractivity contribution in [3.63, 3.8) is 0 Å². The highest BCUT2D eigenvalue weighted by atomic mass is 35.5. The highest BCUT2D eigenvalue weighted by molar-refractivity contribution is 6.59. The fourth-order valence-corrected chi connectivity index (χ4v) is 1.41. The van der Waals surface area contributed by atoms with Crippen LogP contribution in [0.15, 0.2) is 9.52 Å². The standard InChI is InChI=1S/C9H16Cl3N/c1-3-13(4-2)7-5-6-8(10)9(11)12/h3-7H2,1-2H3. The molecule has 0 aromatic carbocycles. The van der Waals surface area contributed by atoms with Gasteiger partial charge in [-0.05, 0) is 32.5 Å². The Morgan fingerprint density at radius 1 is 1.08 bits per heavy atom.